The minimum atomic E-state index is -4.95. The summed E-state index contributed by atoms with van der Waals surface area (Å²) in [6, 6.07) is 0. The highest BCUT2D eigenvalue weighted by atomic mass is 31.2. The molecule has 0 aromatic heterocycles. The zero-order valence-corrected chi connectivity index (χ0v) is 60.9. The van der Waals surface area contributed by atoms with Crippen molar-refractivity contribution < 1.29 is 80.2 Å². The molecule has 0 fully saturated rings. The van der Waals surface area contributed by atoms with Gasteiger partial charge in [-0.05, 0) is 37.5 Å². The predicted octanol–water partition coefficient (Wildman–Crippen LogP) is 20.8. The first kappa shape index (κ1) is 89.1. The third-order valence-corrected chi connectivity index (χ3v) is 18.6. The molecule has 0 aliphatic heterocycles. The van der Waals surface area contributed by atoms with Crippen molar-refractivity contribution in [3.63, 3.8) is 0 Å². The van der Waals surface area contributed by atoms with Gasteiger partial charge in [-0.1, -0.05) is 318 Å². The fourth-order valence-electron chi connectivity index (χ4n) is 10.9. The van der Waals surface area contributed by atoms with Crippen LogP contribution in [0.25, 0.3) is 0 Å². The van der Waals surface area contributed by atoms with E-state index in [2.05, 4.69) is 41.5 Å². The van der Waals surface area contributed by atoms with Gasteiger partial charge in [-0.25, -0.2) is 9.13 Å². The highest BCUT2D eigenvalue weighted by Crippen LogP contribution is 2.45. The van der Waals surface area contributed by atoms with E-state index >= 15 is 0 Å². The highest BCUT2D eigenvalue weighted by molar-refractivity contribution is 7.47. The molecular weight excluding hydrogens is 1200 g/mol. The van der Waals surface area contributed by atoms with Crippen LogP contribution in [0, 0.1) is 11.8 Å². The number of hydrogen-bond acceptors (Lipinski definition) is 15. The monoisotopic (exact) mass is 1340 g/mol. The first-order valence-electron chi connectivity index (χ1n) is 37.5. The maximum Gasteiger partial charge on any atom is 0.472 e. The Hall–Kier alpha value is -1.94. The number of rotatable bonds is 71. The summed E-state index contributed by atoms with van der Waals surface area (Å²) in [5, 5.41) is 10.6. The fraction of sp³-hybridized carbons (Fsp3) is 0.944. The average molecular weight is 1340 g/mol. The van der Waals surface area contributed by atoms with Crippen molar-refractivity contribution in [2.45, 2.75) is 387 Å². The summed E-state index contributed by atoms with van der Waals surface area (Å²) in [6.07, 6.45) is 49.7. The number of aliphatic hydroxyl groups is 1. The van der Waals surface area contributed by atoms with E-state index in [-0.39, 0.29) is 25.7 Å². The van der Waals surface area contributed by atoms with Crippen LogP contribution in [-0.4, -0.2) is 96.7 Å². The van der Waals surface area contributed by atoms with Crippen molar-refractivity contribution in [2.24, 2.45) is 11.8 Å². The maximum absolute atomic E-state index is 13.0. The van der Waals surface area contributed by atoms with Crippen molar-refractivity contribution in [2.75, 3.05) is 39.6 Å². The maximum atomic E-state index is 13.0. The van der Waals surface area contributed by atoms with E-state index < -0.39 is 97.5 Å². The molecule has 0 amide bonds. The number of phosphoric ester groups is 2. The van der Waals surface area contributed by atoms with Crippen LogP contribution >= 0.6 is 15.6 Å². The zero-order chi connectivity index (χ0) is 67.2. The van der Waals surface area contributed by atoms with Crippen LogP contribution in [0.15, 0.2) is 0 Å². The Labute approximate surface area is 556 Å². The molecule has 0 bridgehead atoms. The number of carbonyl (C=O) groups excluding carboxylic acids is 4. The molecule has 0 aliphatic carbocycles. The molecule has 0 saturated carbocycles. The molecule has 17 nitrogen and oxygen atoms in total. The smallest absolute Gasteiger partial charge is 0.462 e. The second kappa shape index (κ2) is 64.1. The van der Waals surface area contributed by atoms with Gasteiger partial charge in [0.05, 0.1) is 26.4 Å². The van der Waals surface area contributed by atoms with Gasteiger partial charge in [0, 0.05) is 25.7 Å². The van der Waals surface area contributed by atoms with Crippen LogP contribution in [0.2, 0.25) is 0 Å². The molecule has 5 atom stereocenters. The van der Waals surface area contributed by atoms with Crippen LogP contribution in [0.3, 0.4) is 0 Å². The Bertz CT molecular complexity index is 1770. The van der Waals surface area contributed by atoms with Gasteiger partial charge in [-0.3, -0.25) is 37.3 Å². The minimum absolute atomic E-state index is 0.106. The number of esters is 4. The second-order valence-electron chi connectivity index (χ2n) is 26.9. The van der Waals surface area contributed by atoms with Crippen LogP contribution < -0.4 is 0 Å². The third kappa shape index (κ3) is 66.5. The lowest BCUT2D eigenvalue weighted by atomic mass is 10.0. The molecule has 0 heterocycles. The summed E-state index contributed by atoms with van der Waals surface area (Å²) >= 11 is 0. The Morgan fingerprint density at radius 3 is 0.747 bits per heavy atom. The minimum Gasteiger partial charge on any atom is -0.462 e. The lowest BCUT2D eigenvalue weighted by molar-refractivity contribution is -0.161. The number of aliphatic hydroxyl groups excluding tert-OH is 1. The average Bonchev–Trinajstić information content (AvgIpc) is 3.43. The Kier molecular flexibility index (Phi) is 62.7. The molecule has 19 heteroatoms. The van der Waals surface area contributed by atoms with E-state index in [4.69, 9.17) is 37.0 Å². The fourth-order valence-corrected chi connectivity index (χ4v) is 12.5. The van der Waals surface area contributed by atoms with Gasteiger partial charge < -0.3 is 33.8 Å². The Morgan fingerprint density at radius 2 is 0.505 bits per heavy atom. The molecule has 540 valence electrons. The van der Waals surface area contributed by atoms with Gasteiger partial charge in [0.25, 0.3) is 0 Å². The quantitative estimate of drug-likeness (QED) is 0.0222. The first-order valence-corrected chi connectivity index (χ1v) is 40.5. The molecule has 0 aliphatic rings. The van der Waals surface area contributed by atoms with E-state index in [9.17, 15) is 43.2 Å². The molecule has 2 unspecified atom stereocenters. The number of ether oxygens (including phenoxy) is 4. The van der Waals surface area contributed by atoms with Crippen molar-refractivity contribution in [3.8, 4) is 0 Å². The summed E-state index contributed by atoms with van der Waals surface area (Å²) in [4.78, 5) is 72.6. The van der Waals surface area contributed by atoms with E-state index in [0.717, 1.165) is 102 Å². The summed E-state index contributed by atoms with van der Waals surface area (Å²) < 4.78 is 68.4. The molecular formula is C72H140O17P2. The second-order valence-corrected chi connectivity index (χ2v) is 29.8. The van der Waals surface area contributed by atoms with Crippen LogP contribution in [0.4, 0.5) is 0 Å². The largest absolute Gasteiger partial charge is 0.472 e. The first-order chi connectivity index (χ1) is 43.9. The summed E-state index contributed by atoms with van der Waals surface area (Å²) in [5.41, 5.74) is 0. The Balaban J connectivity index is 5.26. The topological polar surface area (TPSA) is 237 Å². The Morgan fingerprint density at radius 1 is 0.297 bits per heavy atom. The van der Waals surface area contributed by atoms with Crippen LogP contribution in [0.5, 0.6) is 0 Å². The van der Waals surface area contributed by atoms with Crippen molar-refractivity contribution in [1.82, 2.24) is 0 Å². The molecule has 0 aromatic rings. The molecule has 0 aromatic carbocycles. The van der Waals surface area contributed by atoms with E-state index in [1.165, 1.54) is 186 Å². The lowest BCUT2D eigenvalue weighted by Crippen LogP contribution is -2.30. The molecule has 0 saturated heterocycles. The predicted molar refractivity (Wildman–Crippen MR) is 368 cm³/mol. The van der Waals surface area contributed by atoms with Crippen LogP contribution in [-0.2, 0) is 65.4 Å². The van der Waals surface area contributed by atoms with Crippen molar-refractivity contribution >= 4 is 39.5 Å². The molecule has 0 radical (unpaired) electrons. The third-order valence-electron chi connectivity index (χ3n) is 16.7. The van der Waals surface area contributed by atoms with Crippen molar-refractivity contribution in [3.05, 3.63) is 0 Å². The van der Waals surface area contributed by atoms with Crippen molar-refractivity contribution in [1.29, 1.82) is 0 Å². The number of unbranched alkanes of at least 4 members (excludes halogenated alkanes) is 41. The lowest BCUT2D eigenvalue weighted by Gasteiger charge is -2.21. The number of hydrogen-bond donors (Lipinski definition) is 3. The molecule has 3 N–H and O–H groups in total. The summed E-state index contributed by atoms with van der Waals surface area (Å²) in [5.74, 6) is -0.583. The normalized spacial score (nSPS) is 14.1. The van der Waals surface area contributed by atoms with Gasteiger partial charge >= 0.3 is 39.5 Å². The molecule has 0 spiro atoms. The summed E-state index contributed by atoms with van der Waals surface area (Å²) in [7, 11) is -9.90. The van der Waals surface area contributed by atoms with Gasteiger partial charge in [-0.15, -0.1) is 0 Å². The van der Waals surface area contributed by atoms with Gasteiger partial charge in [0.2, 0.25) is 0 Å². The zero-order valence-electron chi connectivity index (χ0n) is 59.1. The van der Waals surface area contributed by atoms with E-state index in [1.807, 2.05) is 0 Å². The molecule has 0 rings (SSSR count). The SMILES string of the molecule is CCCCCCCCCCCCCCC(=O)O[C@H](COC(=O)CCCCCCCCCCCCC)COP(=O)(O)OC[C@H](O)COP(=O)(O)OC[C@@H](COC(=O)CCCCCCCCCCCCCC(C)C)OC(=O)CCCCCCCCCCCCCC(C)C. The van der Waals surface area contributed by atoms with E-state index in [0.29, 0.717) is 25.7 Å². The summed E-state index contributed by atoms with van der Waals surface area (Å²) in [6.45, 7) is 9.57. The standard InChI is InChI=1S/C72H140O17P2/c1-7-9-11-13-15-17-19-25-32-38-44-50-56-71(76)88-67(60-82-69(74)54-48-42-36-30-22-18-16-14-12-10-8-2)62-86-90(78,79)84-58-66(73)59-85-91(80,81)87-63-68(89-72(77)57-51-45-39-33-27-21-24-29-35-41-47-53-65(5)6)61-83-70(75)55-49-43-37-31-26-20-23-28-34-40-46-52-64(3)4/h64-68,73H,7-63H2,1-6H3,(H,78,79)(H,80,81)/t66-,67+,68+/m0/s1. The van der Waals surface area contributed by atoms with Gasteiger partial charge in [-0.2, -0.15) is 0 Å². The van der Waals surface area contributed by atoms with Crippen LogP contribution in [0.1, 0.15) is 369 Å². The number of phosphoric acid groups is 2. The van der Waals surface area contributed by atoms with E-state index in [1.54, 1.807) is 0 Å². The van der Waals surface area contributed by atoms with Gasteiger partial charge in [0.1, 0.15) is 19.3 Å². The highest BCUT2D eigenvalue weighted by Gasteiger charge is 2.30. The van der Waals surface area contributed by atoms with Gasteiger partial charge in [0.15, 0.2) is 12.2 Å². The molecule has 91 heavy (non-hydrogen) atoms. The number of carbonyl (C=O) groups is 4.